The van der Waals surface area contributed by atoms with Crippen molar-refractivity contribution in [1.82, 2.24) is 9.80 Å². The molecule has 0 aromatic heterocycles. The third-order valence-corrected chi connectivity index (χ3v) is 3.85. The third-order valence-electron chi connectivity index (χ3n) is 3.85. The fourth-order valence-electron chi connectivity index (χ4n) is 3.06. The van der Waals surface area contributed by atoms with Crippen molar-refractivity contribution in [3.63, 3.8) is 0 Å². The molecule has 2 fully saturated rings. The van der Waals surface area contributed by atoms with Gasteiger partial charge in [-0.05, 0) is 18.9 Å². The maximum atomic E-state index is 10.9. The molecule has 0 spiro atoms. The summed E-state index contributed by atoms with van der Waals surface area (Å²) in [5.41, 5.74) is -0.815. The average molecular weight is 227 g/mol. The highest BCUT2D eigenvalue weighted by Gasteiger charge is 2.42. The molecule has 0 bridgehead atoms. The first-order chi connectivity index (χ1) is 7.38. The van der Waals surface area contributed by atoms with Gasteiger partial charge in [0.15, 0.2) is 0 Å². The smallest absolute Gasteiger partial charge is 0.229 e. The number of likely N-dealkylation sites (tertiary alicyclic amines) is 2. The van der Waals surface area contributed by atoms with Gasteiger partial charge in [0.25, 0.3) is 0 Å². The van der Waals surface area contributed by atoms with Gasteiger partial charge >= 0.3 is 0 Å². The summed E-state index contributed by atoms with van der Waals surface area (Å²) in [7, 11) is 2.16. The Morgan fingerprint density at radius 1 is 1.25 bits per heavy atom. The number of nitro groups is 1. The van der Waals surface area contributed by atoms with E-state index < -0.39 is 5.54 Å². The minimum atomic E-state index is -0.815. The Balaban J connectivity index is 1.89. The lowest BCUT2D eigenvalue weighted by molar-refractivity contribution is -0.560. The predicted molar refractivity (Wildman–Crippen MR) is 62.0 cm³/mol. The number of hydrogen-bond acceptors (Lipinski definition) is 4. The van der Waals surface area contributed by atoms with Gasteiger partial charge < -0.3 is 4.90 Å². The molecule has 92 valence electrons. The lowest BCUT2D eigenvalue weighted by atomic mass is 10.0. The van der Waals surface area contributed by atoms with E-state index in [1.807, 2.05) is 0 Å². The molecule has 0 aliphatic carbocycles. The highest BCUT2D eigenvalue weighted by atomic mass is 16.6. The zero-order valence-electron chi connectivity index (χ0n) is 10.3. The molecule has 0 radical (unpaired) electrons. The van der Waals surface area contributed by atoms with Crippen molar-refractivity contribution in [1.29, 1.82) is 0 Å². The summed E-state index contributed by atoms with van der Waals surface area (Å²) in [4.78, 5) is 15.4. The van der Waals surface area contributed by atoms with Crippen LogP contribution in [0.2, 0.25) is 0 Å². The van der Waals surface area contributed by atoms with E-state index in [0.717, 1.165) is 38.0 Å². The Hall–Kier alpha value is -0.680. The molecule has 2 aliphatic heterocycles. The summed E-state index contributed by atoms with van der Waals surface area (Å²) in [5.74, 6) is 1.46. The van der Waals surface area contributed by atoms with Crippen LogP contribution in [-0.2, 0) is 0 Å². The van der Waals surface area contributed by atoms with Crippen LogP contribution in [0.5, 0.6) is 0 Å². The van der Waals surface area contributed by atoms with Crippen LogP contribution in [0.25, 0.3) is 0 Å². The Bertz CT molecular complexity index is 279. The van der Waals surface area contributed by atoms with E-state index in [1.54, 1.807) is 13.8 Å². The van der Waals surface area contributed by atoms with Crippen molar-refractivity contribution in [2.75, 3.05) is 39.8 Å². The molecule has 2 unspecified atom stereocenters. The van der Waals surface area contributed by atoms with Gasteiger partial charge in [-0.2, -0.15) is 0 Å². The highest BCUT2D eigenvalue weighted by Crippen LogP contribution is 2.31. The van der Waals surface area contributed by atoms with Crippen molar-refractivity contribution in [3.8, 4) is 0 Å². The molecule has 5 nitrogen and oxygen atoms in total. The molecule has 0 amide bonds. The van der Waals surface area contributed by atoms with Gasteiger partial charge in [-0.3, -0.25) is 15.0 Å². The Kier molecular flexibility index (Phi) is 2.92. The van der Waals surface area contributed by atoms with E-state index in [9.17, 15) is 10.1 Å². The van der Waals surface area contributed by atoms with E-state index in [1.165, 1.54) is 0 Å². The van der Waals surface area contributed by atoms with Crippen LogP contribution >= 0.6 is 0 Å². The Morgan fingerprint density at radius 3 is 2.19 bits per heavy atom. The second-order valence-corrected chi connectivity index (χ2v) is 6.00. The number of nitrogens with zero attached hydrogens (tertiary/aromatic N) is 3. The SMILES string of the molecule is CN1CC2CN(CC(C)(C)[N+](=O)[O-])CC2C1. The van der Waals surface area contributed by atoms with E-state index in [4.69, 9.17) is 0 Å². The van der Waals surface area contributed by atoms with Crippen LogP contribution in [0.3, 0.4) is 0 Å². The second-order valence-electron chi connectivity index (χ2n) is 6.00. The summed E-state index contributed by atoms with van der Waals surface area (Å²) in [6.45, 7) is 8.38. The minimum absolute atomic E-state index is 0.159. The molecule has 0 aromatic carbocycles. The van der Waals surface area contributed by atoms with Gasteiger partial charge in [0.05, 0.1) is 6.54 Å². The van der Waals surface area contributed by atoms with Gasteiger partial charge in [0.2, 0.25) is 5.54 Å². The Labute approximate surface area is 96.5 Å². The number of rotatable bonds is 3. The zero-order chi connectivity index (χ0) is 11.9. The van der Waals surface area contributed by atoms with Gasteiger partial charge in [0, 0.05) is 44.9 Å². The summed E-state index contributed by atoms with van der Waals surface area (Å²) >= 11 is 0. The quantitative estimate of drug-likeness (QED) is 0.521. The summed E-state index contributed by atoms with van der Waals surface area (Å²) in [6, 6.07) is 0. The van der Waals surface area contributed by atoms with E-state index in [2.05, 4.69) is 16.8 Å². The second kappa shape index (κ2) is 3.96. The van der Waals surface area contributed by atoms with Crippen molar-refractivity contribution in [2.45, 2.75) is 19.4 Å². The van der Waals surface area contributed by atoms with Crippen molar-refractivity contribution >= 4 is 0 Å². The van der Waals surface area contributed by atoms with E-state index >= 15 is 0 Å². The van der Waals surface area contributed by atoms with E-state index in [0.29, 0.717) is 6.54 Å². The lowest BCUT2D eigenvalue weighted by Gasteiger charge is -2.24. The topological polar surface area (TPSA) is 49.6 Å². The first-order valence-corrected chi connectivity index (χ1v) is 5.94. The van der Waals surface area contributed by atoms with Crippen LogP contribution < -0.4 is 0 Å². The van der Waals surface area contributed by atoms with Crippen LogP contribution in [0.4, 0.5) is 0 Å². The van der Waals surface area contributed by atoms with Gasteiger partial charge in [-0.25, -0.2) is 0 Å². The molecule has 2 aliphatic rings. The maximum absolute atomic E-state index is 10.9. The first-order valence-electron chi connectivity index (χ1n) is 5.94. The molecule has 2 atom stereocenters. The summed E-state index contributed by atoms with van der Waals surface area (Å²) in [5, 5.41) is 10.9. The van der Waals surface area contributed by atoms with Crippen molar-refractivity contribution < 1.29 is 4.92 Å². The summed E-state index contributed by atoms with van der Waals surface area (Å²) in [6.07, 6.45) is 0. The maximum Gasteiger partial charge on any atom is 0.229 e. The molecule has 5 heteroatoms. The fourth-order valence-corrected chi connectivity index (χ4v) is 3.06. The van der Waals surface area contributed by atoms with Crippen LogP contribution in [0.15, 0.2) is 0 Å². The van der Waals surface area contributed by atoms with Crippen molar-refractivity contribution in [2.24, 2.45) is 11.8 Å². The summed E-state index contributed by atoms with van der Waals surface area (Å²) < 4.78 is 0. The third kappa shape index (κ3) is 2.20. The minimum Gasteiger partial charge on any atom is -0.306 e. The van der Waals surface area contributed by atoms with Gasteiger partial charge in [0.1, 0.15) is 0 Å². The first kappa shape index (κ1) is 11.8. The molecular formula is C11H21N3O2. The zero-order valence-corrected chi connectivity index (χ0v) is 10.3. The molecule has 2 heterocycles. The molecular weight excluding hydrogens is 206 g/mol. The lowest BCUT2D eigenvalue weighted by Crippen LogP contribution is -2.44. The van der Waals surface area contributed by atoms with Crippen LogP contribution in [-0.4, -0.2) is 60.0 Å². The Morgan fingerprint density at radius 2 is 1.75 bits per heavy atom. The molecule has 16 heavy (non-hydrogen) atoms. The standard InChI is InChI=1S/C11H21N3O2/c1-11(2,14(15)16)8-13-6-9-4-12(3)5-10(9)7-13/h9-10H,4-8H2,1-3H3. The van der Waals surface area contributed by atoms with Crippen LogP contribution in [0.1, 0.15) is 13.8 Å². The fraction of sp³-hybridized carbons (Fsp3) is 1.00. The predicted octanol–water partition coefficient (Wildman–Crippen LogP) is 0.535. The van der Waals surface area contributed by atoms with Crippen LogP contribution in [0, 0.1) is 22.0 Å². The normalized spacial score (nSPS) is 31.9. The monoisotopic (exact) mass is 227 g/mol. The molecule has 0 saturated carbocycles. The van der Waals surface area contributed by atoms with Gasteiger partial charge in [-0.1, -0.05) is 0 Å². The molecule has 0 N–H and O–H groups in total. The van der Waals surface area contributed by atoms with E-state index in [-0.39, 0.29) is 4.92 Å². The number of fused-ring (bicyclic) bond motifs is 1. The molecule has 2 rings (SSSR count). The average Bonchev–Trinajstić information content (AvgIpc) is 2.59. The number of hydrogen-bond donors (Lipinski definition) is 0. The molecule has 0 aromatic rings. The van der Waals surface area contributed by atoms with Crippen molar-refractivity contribution in [3.05, 3.63) is 10.1 Å². The van der Waals surface area contributed by atoms with Gasteiger partial charge in [-0.15, -0.1) is 0 Å². The molecule has 2 saturated heterocycles. The largest absolute Gasteiger partial charge is 0.306 e. The highest BCUT2D eigenvalue weighted by molar-refractivity contribution is 4.93.